The lowest BCUT2D eigenvalue weighted by molar-refractivity contribution is -0.119. The van der Waals surface area contributed by atoms with Gasteiger partial charge < -0.3 is 19.9 Å². The standard InChI is InChI=1S/C29H27N3O5/c1-18-14-26(33)30-23-10-6-7-11-24(23)32(18)27(34)17-31(2)28(35)20-12-13-22-21(15-20)16-25(37-29(22)36)19-8-4-3-5-9-19/h3-13,15,18,25H,14,16-17H2,1-2H3,(H,30,33). The number of anilines is 2. The summed E-state index contributed by atoms with van der Waals surface area (Å²) in [6.45, 7) is 1.64. The molecule has 0 saturated carbocycles. The van der Waals surface area contributed by atoms with Crippen LogP contribution in [0.5, 0.6) is 0 Å². The number of cyclic esters (lactones) is 1. The van der Waals surface area contributed by atoms with Gasteiger partial charge in [0.1, 0.15) is 12.6 Å². The van der Waals surface area contributed by atoms with Crippen molar-refractivity contribution in [3.8, 4) is 0 Å². The highest BCUT2D eigenvalue weighted by atomic mass is 16.5. The van der Waals surface area contributed by atoms with E-state index in [9.17, 15) is 19.2 Å². The lowest BCUT2D eigenvalue weighted by Gasteiger charge is -2.30. The number of hydrogen-bond acceptors (Lipinski definition) is 5. The third-order valence-electron chi connectivity index (χ3n) is 6.75. The number of fused-ring (bicyclic) bond motifs is 2. The molecule has 0 bridgehead atoms. The van der Waals surface area contributed by atoms with Crippen LogP contribution in [0, 0.1) is 0 Å². The highest BCUT2D eigenvalue weighted by molar-refractivity contribution is 6.06. The predicted molar refractivity (Wildman–Crippen MR) is 138 cm³/mol. The Bertz CT molecular complexity index is 1390. The molecule has 0 spiro atoms. The molecule has 37 heavy (non-hydrogen) atoms. The minimum absolute atomic E-state index is 0.154. The Balaban J connectivity index is 1.34. The number of nitrogens with zero attached hydrogens (tertiary/aromatic N) is 2. The first kappa shape index (κ1) is 24.2. The van der Waals surface area contributed by atoms with Crippen LogP contribution in [0.4, 0.5) is 11.4 Å². The quantitative estimate of drug-likeness (QED) is 0.550. The SMILES string of the molecule is CC1CC(=O)Nc2ccccc2N1C(=O)CN(C)C(=O)c1ccc2c(c1)CC(c1ccccc1)OC2=O. The van der Waals surface area contributed by atoms with Crippen LogP contribution in [-0.2, 0) is 20.7 Å². The zero-order chi connectivity index (χ0) is 26.1. The first-order valence-corrected chi connectivity index (χ1v) is 12.2. The van der Waals surface area contributed by atoms with Crippen LogP contribution < -0.4 is 10.2 Å². The van der Waals surface area contributed by atoms with E-state index < -0.39 is 12.1 Å². The zero-order valence-corrected chi connectivity index (χ0v) is 20.6. The molecule has 3 aromatic carbocycles. The number of carbonyl (C=O) groups is 4. The summed E-state index contributed by atoms with van der Waals surface area (Å²) in [6.07, 6.45) is 0.186. The van der Waals surface area contributed by atoms with Crippen LogP contribution in [0.2, 0.25) is 0 Å². The number of esters is 1. The number of para-hydroxylation sites is 2. The number of likely N-dealkylation sites (N-methyl/N-ethyl adjacent to an activating group) is 1. The maximum Gasteiger partial charge on any atom is 0.339 e. The van der Waals surface area contributed by atoms with Crippen LogP contribution in [0.1, 0.15) is 51.3 Å². The molecule has 2 aliphatic heterocycles. The van der Waals surface area contributed by atoms with Crippen molar-refractivity contribution in [1.29, 1.82) is 0 Å². The fraction of sp³-hybridized carbons (Fsp3) is 0.241. The molecule has 2 unspecified atom stereocenters. The van der Waals surface area contributed by atoms with Gasteiger partial charge in [-0.1, -0.05) is 42.5 Å². The van der Waals surface area contributed by atoms with Gasteiger partial charge in [0.15, 0.2) is 0 Å². The highest BCUT2D eigenvalue weighted by Gasteiger charge is 2.32. The summed E-state index contributed by atoms with van der Waals surface area (Å²) < 4.78 is 5.61. The van der Waals surface area contributed by atoms with Gasteiger partial charge in [0.05, 0.1) is 16.9 Å². The smallest absolute Gasteiger partial charge is 0.339 e. The summed E-state index contributed by atoms with van der Waals surface area (Å²) in [5.74, 6) is -1.22. The minimum atomic E-state index is -0.424. The van der Waals surface area contributed by atoms with Crippen molar-refractivity contribution in [2.24, 2.45) is 0 Å². The molecule has 8 nitrogen and oxygen atoms in total. The number of benzene rings is 3. The molecular formula is C29H27N3O5. The Hall–Kier alpha value is -4.46. The van der Waals surface area contributed by atoms with E-state index in [4.69, 9.17) is 4.74 Å². The number of amides is 3. The first-order valence-electron chi connectivity index (χ1n) is 12.2. The molecule has 0 saturated heterocycles. The van der Waals surface area contributed by atoms with E-state index in [2.05, 4.69) is 5.32 Å². The largest absolute Gasteiger partial charge is 0.454 e. The number of ether oxygens (including phenoxy) is 1. The molecule has 1 N–H and O–H groups in total. The molecule has 0 aliphatic carbocycles. The van der Waals surface area contributed by atoms with Crippen LogP contribution >= 0.6 is 0 Å². The average Bonchev–Trinajstić information content (AvgIpc) is 3.02. The van der Waals surface area contributed by atoms with Crippen LogP contribution in [0.25, 0.3) is 0 Å². The Morgan fingerprint density at radius 1 is 1.00 bits per heavy atom. The second-order valence-electron chi connectivity index (χ2n) is 9.42. The molecule has 8 heteroatoms. The van der Waals surface area contributed by atoms with Crippen LogP contribution in [-0.4, -0.2) is 48.2 Å². The third kappa shape index (κ3) is 4.82. The fourth-order valence-corrected chi connectivity index (χ4v) is 4.92. The second kappa shape index (κ2) is 9.89. The van der Waals surface area contributed by atoms with Crippen molar-refractivity contribution in [3.05, 3.63) is 95.1 Å². The van der Waals surface area contributed by atoms with Crippen molar-refractivity contribution in [2.45, 2.75) is 31.9 Å². The lowest BCUT2D eigenvalue weighted by Crippen LogP contribution is -2.45. The normalized spacial score (nSPS) is 18.6. The molecule has 188 valence electrons. The maximum absolute atomic E-state index is 13.4. The van der Waals surface area contributed by atoms with Gasteiger partial charge in [0, 0.05) is 31.5 Å². The van der Waals surface area contributed by atoms with Gasteiger partial charge in [0.2, 0.25) is 11.8 Å². The topological polar surface area (TPSA) is 96.0 Å². The molecule has 2 atom stereocenters. The predicted octanol–water partition coefficient (Wildman–Crippen LogP) is 3.98. The van der Waals surface area contributed by atoms with Crippen molar-refractivity contribution < 1.29 is 23.9 Å². The van der Waals surface area contributed by atoms with Crippen molar-refractivity contribution in [2.75, 3.05) is 23.8 Å². The van der Waals surface area contributed by atoms with Crippen LogP contribution in [0.3, 0.4) is 0 Å². The van der Waals surface area contributed by atoms with Gasteiger partial charge in [-0.15, -0.1) is 0 Å². The minimum Gasteiger partial charge on any atom is -0.454 e. The second-order valence-corrected chi connectivity index (χ2v) is 9.42. The fourth-order valence-electron chi connectivity index (χ4n) is 4.92. The number of carbonyl (C=O) groups excluding carboxylic acids is 4. The van der Waals surface area contributed by atoms with Crippen molar-refractivity contribution in [3.63, 3.8) is 0 Å². The van der Waals surface area contributed by atoms with E-state index in [0.29, 0.717) is 28.9 Å². The van der Waals surface area contributed by atoms with Crippen LogP contribution in [0.15, 0.2) is 72.8 Å². The molecule has 2 aliphatic rings. The van der Waals surface area contributed by atoms with Crippen molar-refractivity contribution >= 4 is 35.1 Å². The van der Waals surface area contributed by atoms with Gasteiger partial charge in [0.25, 0.3) is 5.91 Å². The van der Waals surface area contributed by atoms with Gasteiger partial charge in [-0.2, -0.15) is 0 Å². The van der Waals surface area contributed by atoms with E-state index in [1.54, 1.807) is 54.4 Å². The zero-order valence-electron chi connectivity index (χ0n) is 20.6. The molecule has 0 radical (unpaired) electrons. The summed E-state index contributed by atoms with van der Waals surface area (Å²) in [5.41, 5.74) is 3.61. The van der Waals surface area contributed by atoms with Gasteiger partial charge >= 0.3 is 5.97 Å². The monoisotopic (exact) mass is 497 g/mol. The third-order valence-corrected chi connectivity index (χ3v) is 6.75. The number of hydrogen-bond donors (Lipinski definition) is 1. The molecule has 2 heterocycles. The van der Waals surface area contributed by atoms with E-state index in [1.165, 1.54) is 4.90 Å². The Labute approximate surface area is 214 Å². The summed E-state index contributed by atoms with van der Waals surface area (Å²) in [6, 6.07) is 21.1. The van der Waals surface area contributed by atoms with Gasteiger partial charge in [-0.3, -0.25) is 14.4 Å². The number of nitrogens with one attached hydrogen (secondary N) is 1. The van der Waals surface area contributed by atoms with Gasteiger partial charge in [-0.05, 0) is 48.4 Å². The Morgan fingerprint density at radius 3 is 2.51 bits per heavy atom. The average molecular weight is 498 g/mol. The summed E-state index contributed by atoms with van der Waals surface area (Å²) >= 11 is 0. The van der Waals surface area contributed by atoms with E-state index in [1.807, 2.05) is 37.3 Å². The maximum atomic E-state index is 13.4. The summed E-state index contributed by atoms with van der Waals surface area (Å²) in [7, 11) is 1.57. The first-order chi connectivity index (χ1) is 17.8. The van der Waals surface area contributed by atoms with E-state index >= 15 is 0 Å². The molecule has 3 amide bonds. The molecular weight excluding hydrogens is 470 g/mol. The molecule has 0 fully saturated rings. The Kier molecular flexibility index (Phi) is 6.48. The molecule has 3 aromatic rings. The molecule has 5 rings (SSSR count). The highest BCUT2D eigenvalue weighted by Crippen LogP contribution is 2.33. The summed E-state index contributed by atoms with van der Waals surface area (Å²) in [4.78, 5) is 54.5. The van der Waals surface area contributed by atoms with Gasteiger partial charge in [-0.25, -0.2) is 4.79 Å². The summed E-state index contributed by atoms with van der Waals surface area (Å²) in [5, 5.41) is 2.84. The lowest BCUT2D eigenvalue weighted by atomic mass is 9.93. The van der Waals surface area contributed by atoms with Crippen molar-refractivity contribution in [1.82, 2.24) is 4.90 Å². The molecule has 0 aromatic heterocycles. The van der Waals surface area contributed by atoms with E-state index in [0.717, 1.165) is 11.1 Å². The number of rotatable bonds is 4. The Morgan fingerprint density at radius 2 is 1.73 bits per heavy atom. The van der Waals surface area contributed by atoms with E-state index in [-0.39, 0.29) is 36.7 Å².